The van der Waals surface area contributed by atoms with E-state index < -0.39 is 11.4 Å². The number of nitrogens with zero attached hydrogens (tertiary/aromatic N) is 3. The van der Waals surface area contributed by atoms with Crippen molar-refractivity contribution in [3.8, 4) is 0 Å². The van der Waals surface area contributed by atoms with Crippen molar-refractivity contribution >= 4 is 27.5 Å². The molecule has 84 valence electrons. The molecule has 2 rings (SSSR count). The zero-order valence-electron chi connectivity index (χ0n) is 8.81. The van der Waals surface area contributed by atoms with Gasteiger partial charge in [0.1, 0.15) is 5.41 Å². The lowest BCUT2D eigenvalue weighted by Gasteiger charge is -2.15. The van der Waals surface area contributed by atoms with E-state index in [1.54, 1.807) is 36.8 Å². The van der Waals surface area contributed by atoms with Crippen LogP contribution in [-0.2, 0) is 10.2 Å². The first kappa shape index (κ1) is 11.1. The fraction of sp³-hybridized carbons (Fsp3) is 0.300. The molecule has 1 N–H and O–H groups in total. The van der Waals surface area contributed by atoms with Crippen molar-refractivity contribution in [1.82, 2.24) is 14.6 Å². The maximum Gasteiger partial charge on any atom is 0.315 e. The van der Waals surface area contributed by atoms with Crippen molar-refractivity contribution in [3.05, 3.63) is 28.6 Å². The minimum atomic E-state index is -1.01. The highest BCUT2D eigenvalue weighted by Crippen LogP contribution is 2.23. The lowest BCUT2D eigenvalue weighted by molar-refractivity contribution is -0.142. The van der Waals surface area contributed by atoms with Crippen LogP contribution in [-0.4, -0.2) is 25.7 Å². The van der Waals surface area contributed by atoms with Crippen molar-refractivity contribution in [2.75, 3.05) is 0 Å². The average molecular weight is 284 g/mol. The molecule has 0 amide bonds. The van der Waals surface area contributed by atoms with E-state index in [2.05, 4.69) is 26.0 Å². The molecule has 2 aromatic rings. The topological polar surface area (TPSA) is 67.5 Å². The summed E-state index contributed by atoms with van der Waals surface area (Å²) < 4.78 is 2.35. The van der Waals surface area contributed by atoms with E-state index in [4.69, 9.17) is 5.11 Å². The Morgan fingerprint density at radius 3 is 2.88 bits per heavy atom. The van der Waals surface area contributed by atoms with Crippen LogP contribution in [0.15, 0.2) is 22.9 Å². The van der Waals surface area contributed by atoms with Gasteiger partial charge in [0.2, 0.25) is 0 Å². The van der Waals surface area contributed by atoms with Crippen molar-refractivity contribution < 1.29 is 9.90 Å². The summed E-state index contributed by atoms with van der Waals surface area (Å²) in [6.45, 7) is 3.23. The monoisotopic (exact) mass is 283 g/mol. The molecule has 0 aliphatic carbocycles. The SMILES string of the molecule is CC(C)(C(=O)O)c1cc2ncc(Br)cn2n1. The Kier molecular flexibility index (Phi) is 2.46. The van der Waals surface area contributed by atoms with Crippen LogP contribution >= 0.6 is 15.9 Å². The number of hydrogen-bond acceptors (Lipinski definition) is 3. The van der Waals surface area contributed by atoms with Gasteiger partial charge in [0, 0.05) is 18.5 Å². The zero-order chi connectivity index (χ0) is 11.9. The van der Waals surface area contributed by atoms with Crippen molar-refractivity contribution in [2.45, 2.75) is 19.3 Å². The lowest BCUT2D eigenvalue weighted by atomic mass is 9.90. The molecule has 0 unspecified atom stereocenters. The highest BCUT2D eigenvalue weighted by molar-refractivity contribution is 9.10. The summed E-state index contributed by atoms with van der Waals surface area (Å²) in [5.41, 5.74) is 0.110. The van der Waals surface area contributed by atoms with E-state index >= 15 is 0 Å². The molecule has 0 aromatic carbocycles. The largest absolute Gasteiger partial charge is 0.481 e. The van der Waals surface area contributed by atoms with Gasteiger partial charge >= 0.3 is 5.97 Å². The van der Waals surface area contributed by atoms with Crippen LogP contribution < -0.4 is 0 Å². The van der Waals surface area contributed by atoms with Crippen molar-refractivity contribution in [1.29, 1.82) is 0 Å². The van der Waals surface area contributed by atoms with Crippen LogP contribution in [0.1, 0.15) is 19.5 Å². The molecule has 6 heteroatoms. The molecule has 0 saturated heterocycles. The van der Waals surface area contributed by atoms with Gasteiger partial charge in [-0.05, 0) is 29.8 Å². The molecular formula is C10H10BrN3O2. The van der Waals surface area contributed by atoms with Crippen molar-refractivity contribution in [2.24, 2.45) is 0 Å². The molecule has 5 nitrogen and oxygen atoms in total. The van der Waals surface area contributed by atoms with Crippen molar-refractivity contribution in [3.63, 3.8) is 0 Å². The Bertz CT molecular complexity index is 562. The number of carboxylic acids is 1. The lowest BCUT2D eigenvalue weighted by Crippen LogP contribution is -2.29. The molecule has 2 heterocycles. The summed E-state index contributed by atoms with van der Waals surface area (Å²) in [5.74, 6) is -0.907. The standard InChI is InChI=1S/C10H10BrN3O2/c1-10(2,9(15)16)7-3-8-12-4-6(11)5-14(8)13-7/h3-5H,1-2H3,(H,15,16). The summed E-state index contributed by atoms with van der Waals surface area (Å²) in [4.78, 5) is 15.2. The number of hydrogen-bond donors (Lipinski definition) is 1. The molecule has 0 aliphatic heterocycles. The van der Waals surface area contributed by atoms with Gasteiger partial charge in [0.25, 0.3) is 0 Å². The second kappa shape index (κ2) is 3.55. The first-order valence-electron chi connectivity index (χ1n) is 4.66. The number of halogens is 1. The Labute approximate surface area is 100 Å². The summed E-state index contributed by atoms with van der Waals surface area (Å²) >= 11 is 3.28. The Morgan fingerprint density at radius 1 is 1.56 bits per heavy atom. The number of carboxylic acid groups (broad SMARTS) is 1. The molecule has 0 atom stereocenters. The van der Waals surface area contributed by atoms with Gasteiger partial charge < -0.3 is 5.11 Å². The molecule has 16 heavy (non-hydrogen) atoms. The number of aromatic nitrogens is 3. The fourth-order valence-electron chi connectivity index (χ4n) is 1.27. The van der Waals surface area contributed by atoms with E-state index in [1.807, 2.05) is 0 Å². The summed E-state index contributed by atoms with van der Waals surface area (Å²) in [5, 5.41) is 13.3. The Morgan fingerprint density at radius 2 is 2.25 bits per heavy atom. The van der Waals surface area contributed by atoms with Crippen LogP contribution in [0.3, 0.4) is 0 Å². The highest BCUT2D eigenvalue weighted by atomic mass is 79.9. The number of aliphatic carboxylic acids is 1. The van der Waals surface area contributed by atoms with Gasteiger partial charge in [-0.2, -0.15) is 5.10 Å². The maximum absolute atomic E-state index is 11.1. The molecule has 0 bridgehead atoms. The second-order valence-corrected chi connectivity index (χ2v) is 4.95. The van der Waals surface area contributed by atoms with Crippen LogP contribution in [0.4, 0.5) is 0 Å². The third kappa shape index (κ3) is 1.69. The predicted molar refractivity (Wildman–Crippen MR) is 61.3 cm³/mol. The van der Waals surface area contributed by atoms with Crippen LogP contribution in [0.25, 0.3) is 5.65 Å². The average Bonchev–Trinajstić information content (AvgIpc) is 2.60. The summed E-state index contributed by atoms with van der Waals surface area (Å²) in [7, 11) is 0. The predicted octanol–water partition coefficient (Wildman–Crippen LogP) is 1.85. The zero-order valence-corrected chi connectivity index (χ0v) is 10.4. The first-order valence-corrected chi connectivity index (χ1v) is 5.45. The fourth-order valence-corrected chi connectivity index (χ4v) is 1.57. The number of rotatable bonds is 2. The van der Waals surface area contributed by atoms with E-state index in [9.17, 15) is 4.79 Å². The van der Waals surface area contributed by atoms with Crippen LogP contribution in [0.5, 0.6) is 0 Å². The molecule has 0 saturated carbocycles. The third-order valence-corrected chi connectivity index (χ3v) is 2.87. The number of fused-ring (bicyclic) bond motifs is 1. The second-order valence-electron chi connectivity index (χ2n) is 4.03. The van der Waals surface area contributed by atoms with Gasteiger partial charge in [-0.25, -0.2) is 9.50 Å². The van der Waals surface area contributed by atoms with Gasteiger partial charge in [-0.1, -0.05) is 0 Å². The van der Waals surface area contributed by atoms with E-state index in [1.165, 1.54) is 0 Å². The van der Waals surface area contributed by atoms with Gasteiger partial charge in [-0.3, -0.25) is 4.79 Å². The van der Waals surface area contributed by atoms with Crippen LogP contribution in [0, 0.1) is 0 Å². The molecule has 0 fully saturated rings. The smallest absolute Gasteiger partial charge is 0.315 e. The Balaban J connectivity index is 2.59. The van der Waals surface area contributed by atoms with E-state index in [-0.39, 0.29) is 0 Å². The molecular weight excluding hydrogens is 274 g/mol. The maximum atomic E-state index is 11.1. The van der Waals surface area contributed by atoms with Gasteiger partial charge in [0.05, 0.1) is 10.2 Å². The number of carbonyl (C=O) groups is 1. The van der Waals surface area contributed by atoms with E-state index in [0.29, 0.717) is 11.3 Å². The van der Waals surface area contributed by atoms with Gasteiger partial charge in [0.15, 0.2) is 5.65 Å². The summed E-state index contributed by atoms with van der Waals surface area (Å²) in [6, 6.07) is 1.68. The normalized spacial score (nSPS) is 11.9. The molecule has 0 radical (unpaired) electrons. The molecule has 0 aliphatic rings. The van der Waals surface area contributed by atoms with Crippen LogP contribution in [0.2, 0.25) is 0 Å². The first-order chi connectivity index (χ1) is 7.41. The highest BCUT2D eigenvalue weighted by Gasteiger charge is 2.32. The van der Waals surface area contributed by atoms with Gasteiger partial charge in [-0.15, -0.1) is 0 Å². The minimum absolute atomic E-state index is 0.491. The quantitative estimate of drug-likeness (QED) is 0.914. The third-order valence-electron chi connectivity index (χ3n) is 2.46. The molecule has 0 spiro atoms. The minimum Gasteiger partial charge on any atom is -0.481 e. The molecule has 2 aromatic heterocycles. The summed E-state index contributed by atoms with van der Waals surface area (Å²) in [6.07, 6.45) is 3.39. The Hall–Kier alpha value is -1.43. The van der Waals surface area contributed by atoms with E-state index in [0.717, 1.165) is 4.47 Å².